The zero-order valence-electron chi connectivity index (χ0n) is 16.5. The Labute approximate surface area is 172 Å². The number of benzene rings is 2. The van der Waals surface area contributed by atoms with Crippen LogP contribution < -0.4 is 5.32 Å². The molecule has 0 bridgehead atoms. The van der Waals surface area contributed by atoms with Crippen LogP contribution >= 0.6 is 0 Å². The summed E-state index contributed by atoms with van der Waals surface area (Å²) in [7, 11) is -6.82. The molecule has 1 aliphatic carbocycles. The smallest absolute Gasteiger partial charge is 0.255 e. The van der Waals surface area contributed by atoms with Crippen molar-refractivity contribution in [2.24, 2.45) is 0 Å². The summed E-state index contributed by atoms with van der Waals surface area (Å²) in [4.78, 5) is 12.9. The maximum atomic E-state index is 12.8. The molecule has 0 aliphatic heterocycles. The fraction of sp³-hybridized carbons (Fsp3) is 0.381. The van der Waals surface area contributed by atoms with E-state index in [9.17, 15) is 21.6 Å². The van der Waals surface area contributed by atoms with Crippen molar-refractivity contribution >= 4 is 31.3 Å². The molecule has 1 saturated carbocycles. The lowest BCUT2D eigenvalue weighted by Gasteiger charge is -2.13. The molecule has 0 aromatic heterocycles. The zero-order valence-corrected chi connectivity index (χ0v) is 18.1. The van der Waals surface area contributed by atoms with Gasteiger partial charge in [-0.1, -0.05) is 18.9 Å². The van der Waals surface area contributed by atoms with Crippen LogP contribution in [0.2, 0.25) is 0 Å². The van der Waals surface area contributed by atoms with E-state index in [-0.39, 0.29) is 20.6 Å². The van der Waals surface area contributed by atoms with Gasteiger partial charge in [-0.25, -0.2) is 16.8 Å². The molecule has 0 radical (unpaired) electrons. The molecule has 2 aromatic rings. The Kier molecular flexibility index (Phi) is 6.14. The number of hydrogen-bond acceptors (Lipinski definition) is 5. The van der Waals surface area contributed by atoms with Crippen molar-refractivity contribution < 1.29 is 21.6 Å². The second kappa shape index (κ2) is 8.28. The largest absolute Gasteiger partial charge is 0.322 e. The summed E-state index contributed by atoms with van der Waals surface area (Å²) in [5, 5.41) is 1.78. The summed E-state index contributed by atoms with van der Waals surface area (Å²) in [6.45, 7) is 3.20. The van der Waals surface area contributed by atoms with Crippen molar-refractivity contribution in [3.63, 3.8) is 0 Å². The molecule has 0 heterocycles. The van der Waals surface area contributed by atoms with Crippen LogP contribution in [0.25, 0.3) is 0 Å². The highest BCUT2D eigenvalue weighted by Gasteiger charge is 2.30. The summed E-state index contributed by atoms with van der Waals surface area (Å²) >= 11 is 0. The van der Waals surface area contributed by atoms with E-state index >= 15 is 0 Å². The molecule has 0 saturated heterocycles. The highest BCUT2D eigenvalue weighted by Crippen LogP contribution is 2.30. The third-order valence-corrected chi connectivity index (χ3v) is 9.66. The average Bonchev–Trinajstić information content (AvgIpc) is 3.24. The minimum atomic E-state index is -3.41. The monoisotopic (exact) mass is 435 g/mol. The molecule has 0 unspecified atom stereocenters. The minimum absolute atomic E-state index is 0.161. The Morgan fingerprint density at radius 3 is 2.14 bits per heavy atom. The quantitative estimate of drug-likeness (QED) is 0.743. The predicted octanol–water partition coefficient (Wildman–Crippen LogP) is 3.84. The number of nitrogens with one attached hydrogen (secondary N) is 1. The van der Waals surface area contributed by atoms with Crippen LogP contribution in [-0.2, 0) is 19.7 Å². The minimum Gasteiger partial charge on any atom is -0.322 e. The van der Waals surface area contributed by atoms with Gasteiger partial charge in [-0.05, 0) is 69.2 Å². The molecule has 8 heteroatoms. The Balaban J connectivity index is 1.78. The van der Waals surface area contributed by atoms with E-state index in [4.69, 9.17) is 0 Å². The van der Waals surface area contributed by atoms with Gasteiger partial charge in [0.1, 0.15) is 0 Å². The summed E-state index contributed by atoms with van der Waals surface area (Å²) in [5.74, 6) is -0.436. The van der Waals surface area contributed by atoms with E-state index in [0.29, 0.717) is 18.5 Å². The summed E-state index contributed by atoms with van der Waals surface area (Å²) in [6.07, 6.45) is 3.18. The van der Waals surface area contributed by atoms with Crippen LogP contribution in [0.4, 0.5) is 5.69 Å². The molecule has 1 fully saturated rings. The van der Waals surface area contributed by atoms with Gasteiger partial charge in [-0.3, -0.25) is 4.79 Å². The van der Waals surface area contributed by atoms with Gasteiger partial charge in [0.15, 0.2) is 19.7 Å². The third kappa shape index (κ3) is 4.53. The van der Waals surface area contributed by atoms with Crippen LogP contribution in [0.5, 0.6) is 0 Å². The van der Waals surface area contributed by atoms with Crippen molar-refractivity contribution in [3.05, 3.63) is 54.1 Å². The van der Waals surface area contributed by atoms with Crippen molar-refractivity contribution in [2.45, 2.75) is 59.8 Å². The first-order valence-corrected chi connectivity index (χ1v) is 12.7. The zero-order chi connectivity index (χ0) is 21.2. The first kappa shape index (κ1) is 21.5. The van der Waals surface area contributed by atoms with Gasteiger partial charge in [0.05, 0.1) is 20.3 Å². The molecule has 1 amide bonds. The topological polar surface area (TPSA) is 97.4 Å². The summed E-state index contributed by atoms with van der Waals surface area (Å²) < 4.78 is 49.9. The number of amides is 1. The molecule has 0 atom stereocenters. The van der Waals surface area contributed by atoms with Gasteiger partial charge in [0.2, 0.25) is 0 Å². The average molecular weight is 436 g/mol. The lowest BCUT2D eigenvalue weighted by Crippen LogP contribution is -2.18. The Bertz CT molecular complexity index is 1100. The first-order valence-electron chi connectivity index (χ1n) is 9.61. The first-order chi connectivity index (χ1) is 13.6. The maximum absolute atomic E-state index is 12.8. The van der Waals surface area contributed by atoms with Gasteiger partial charge in [0.25, 0.3) is 5.91 Å². The van der Waals surface area contributed by atoms with E-state index < -0.39 is 30.8 Å². The van der Waals surface area contributed by atoms with E-state index in [0.717, 1.165) is 12.8 Å². The fourth-order valence-electron chi connectivity index (χ4n) is 3.41. The standard InChI is InChI=1S/C21H25NO5S2/c1-15(2)28(24,25)19-12-10-16(11-13-19)21(23)22-17-6-5-9-20(14-17)29(26,27)18-7-3-4-8-18/h5-6,9-15,18H,3-4,7-8H2,1-2H3,(H,22,23). The van der Waals surface area contributed by atoms with E-state index in [1.54, 1.807) is 32.0 Å². The number of sulfone groups is 2. The maximum Gasteiger partial charge on any atom is 0.255 e. The van der Waals surface area contributed by atoms with E-state index in [1.807, 2.05) is 0 Å². The van der Waals surface area contributed by atoms with Crippen LogP contribution in [0.3, 0.4) is 0 Å². The van der Waals surface area contributed by atoms with Crippen molar-refractivity contribution in [1.82, 2.24) is 0 Å². The lowest BCUT2D eigenvalue weighted by atomic mass is 10.2. The number of carbonyl (C=O) groups is 1. The molecule has 0 spiro atoms. The van der Waals surface area contributed by atoms with Gasteiger partial charge in [-0.15, -0.1) is 0 Å². The number of carbonyl (C=O) groups excluding carboxylic acids is 1. The van der Waals surface area contributed by atoms with Crippen LogP contribution in [0.15, 0.2) is 58.3 Å². The number of hydrogen-bond donors (Lipinski definition) is 1. The van der Waals surface area contributed by atoms with Crippen molar-refractivity contribution in [1.29, 1.82) is 0 Å². The van der Waals surface area contributed by atoms with Crippen LogP contribution in [-0.4, -0.2) is 33.2 Å². The summed E-state index contributed by atoms with van der Waals surface area (Å²) in [5.41, 5.74) is 0.671. The molecule has 3 rings (SSSR count). The second-order valence-electron chi connectivity index (χ2n) is 7.55. The molecular weight excluding hydrogens is 410 g/mol. The molecule has 156 valence electrons. The molecular formula is C21H25NO5S2. The molecule has 29 heavy (non-hydrogen) atoms. The molecule has 1 aliphatic rings. The van der Waals surface area contributed by atoms with Crippen LogP contribution in [0.1, 0.15) is 49.9 Å². The Hall–Kier alpha value is -2.19. The highest BCUT2D eigenvalue weighted by molar-refractivity contribution is 7.92. The van der Waals surface area contributed by atoms with Gasteiger partial charge in [-0.2, -0.15) is 0 Å². The number of rotatable bonds is 6. The van der Waals surface area contributed by atoms with Crippen LogP contribution in [0, 0.1) is 0 Å². The van der Waals surface area contributed by atoms with Gasteiger partial charge >= 0.3 is 0 Å². The Morgan fingerprint density at radius 2 is 1.55 bits per heavy atom. The SMILES string of the molecule is CC(C)S(=O)(=O)c1ccc(C(=O)Nc2cccc(S(=O)(=O)C3CCCC3)c2)cc1. The van der Waals surface area contributed by atoms with Crippen molar-refractivity contribution in [3.8, 4) is 0 Å². The van der Waals surface area contributed by atoms with Crippen molar-refractivity contribution in [2.75, 3.05) is 5.32 Å². The summed E-state index contributed by atoms with van der Waals surface area (Å²) in [6, 6.07) is 12.0. The van der Waals surface area contributed by atoms with E-state index in [2.05, 4.69) is 5.32 Å². The van der Waals surface area contributed by atoms with E-state index in [1.165, 1.54) is 30.3 Å². The normalized spacial score (nSPS) is 15.6. The third-order valence-electron chi connectivity index (χ3n) is 5.23. The lowest BCUT2D eigenvalue weighted by molar-refractivity contribution is 0.102. The highest BCUT2D eigenvalue weighted by atomic mass is 32.2. The molecule has 2 aromatic carbocycles. The van der Waals surface area contributed by atoms with Gasteiger partial charge < -0.3 is 5.32 Å². The molecule has 1 N–H and O–H groups in total. The Morgan fingerprint density at radius 1 is 0.931 bits per heavy atom. The van der Waals surface area contributed by atoms with Gasteiger partial charge in [0, 0.05) is 11.3 Å². The second-order valence-corrected chi connectivity index (χ2v) is 12.3. The molecule has 6 nitrogen and oxygen atoms in total. The number of anilines is 1. The fourth-order valence-corrected chi connectivity index (χ4v) is 6.37. The predicted molar refractivity (Wildman–Crippen MR) is 113 cm³/mol.